The molecule has 0 radical (unpaired) electrons. The highest BCUT2D eigenvalue weighted by Gasteiger charge is 2.32. The van der Waals surface area contributed by atoms with Gasteiger partial charge in [-0.15, -0.1) is 0 Å². The number of amides is 2. The number of carbonyl (C=O) groups is 1. The normalized spacial score (nSPS) is 17.4. The van der Waals surface area contributed by atoms with E-state index in [2.05, 4.69) is 26.4 Å². The van der Waals surface area contributed by atoms with Crippen molar-refractivity contribution >= 4 is 28.7 Å². The average Bonchev–Trinajstić information content (AvgIpc) is 3.24. The van der Waals surface area contributed by atoms with Crippen molar-refractivity contribution in [2.45, 2.75) is 45.2 Å². The first-order chi connectivity index (χ1) is 20.8. The van der Waals surface area contributed by atoms with E-state index >= 15 is 4.39 Å². The first-order valence-corrected chi connectivity index (χ1v) is 13.5. The van der Waals surface area contributed by atoms with Crippen LogP contribution in [0.25, 0.3) is 16.6 Å². The number of benzene rings is 2. The van der Waals surface area contributed by atoms with Crippen LogP contribution >= 0.6 is 0 Å². The number of nitriles is 1. The van der Waals surface area contributed by atoms with E-state index < -0.39 is 35.1 Å². The number of hydrogen-bond acceptors (Lipinski definition) is 7. The summed E-state index contributed by atoms with van der Waals surface area (Å²) in [5.41, 5.74) is 6.41. The van der Waals surface area contributed by atoms with E-state index in [9.17, 15) is 27.6 Å². The highest BCUT2D eigenvalue weighted by atomic mass is 19.4. The van der Waals surface area contributed by atoms with Gasteiger partial charge in [-0.2, -0.15) is 23.5 Å². The molecule has 1 fully saturated rings. The van der Waals surface area contributed by atoms with Gasteiger partial charge in [-0.3, -0.25) is 4.90 Å². The smallest absolute Gasteiger partial charge is 0.382 e. The van der Waals surface area contributed by atoms with Crippen LogP contribution in [0, 0.1) is 23.0 Å². The van der Waals surface area contributed by atoms with Gasteiger partial charge in [0.2, 0.25) is 0 Å². The Kier molecular flexibility index (Phi) is 8.40. The molecule has 2 aromatic heterocycles. The Bertz CT molecular complexity index is 1760. The maximum atomic E-state index is 15.4. The van der Waals surface area contributed by atoms with Gasteiger partial charge in [0, 0.05) is 25.2 Å². The summed E-state index contributed by atoms with van der Waals surface area (Å²) in [6, 6.07) is 6.37. The van der Waals surface area contributed by atoms with E-state index in [0.29, 0.717) is 65.7 Å². The Labute approximate surface area is 248 Å². The minimum Gasteiger partial charge on any atom is -0.382 e. The maximum absolute atomic E-state index is 15.4. The first-order valence-electron chi connectivity index (χ1n) is 13.5. The molecule has 0 spiro atoms. The van der Waals surface area contributed by atoms with Gasteiger partial charge in [0.15, 0.2) is 5.82 Å². The summed E-state index contributed by atoms with van der Waals surface area (Å²) in [5, 5.41) is 18.3. The lowest BCUT2D eigenvalue weighted by atomic mass is 9.98. The lowest BCUT2D eigenvalue weighted by Crippen LogP contribution is -2.45. The van der Waals surface area contributed by atoms with Gasteiger partial charge in [-0.25, -0.2) is 23.1 Å². The molecule has 1 aliphatic rings. The third-order valence-corrected chi connectivity index (χ3v) is 7.13. The van der Waals surface area contributed by atoms with Gasteiger partial charge in [0.05, 0.1) is 47.3 Å². The van der Waals surface area contributed by atoms with Crippen LogP contribution in [-0.4, -0.2) is 50.8 Å². The molecule has 44 heavy (non-hydrogen) atoms. The van der Waals surface area contributed by atoms with Crippen LogP contribution in [0.3, 0.4) is 0 Å². The van der Waals surface area contributed by atoms with Crippen molar-refractivity contribution in [1.82, 2.24) is 19.5 Å². The van der Waals surface area contributed by atoms with Crippen LogP contribution in [0.2, 0.25) is 0 Å². The Morgan fingerprint density at radius 3 is 2.45 bits per heavy atom. The number of nitrogen functional groups attached to an aromatic ring is 1. The summed E-state index contributed by atoms with van der Waals surface area (Å²) in [7, 11) is 0. The molecule has 230 valence electrons. The first kappa shape index (κ1) is 30.6. The summed E-state index contributed by atoms with van der Waals surface area (Å²) in [5.74, 6) is -1.90. The van der Waals surface area contributed by atoms with Gasteiger partial charge >= 0.3 is 12.2 Å². The maximum Gasteiger partial charge on any atom is 0.416 e. The van der Waals surface area contributed by atoms with Gasteiger partial charge in [-0.05, 0) is 55.3 Å². The number of fused-ring (bicyclic) bond motifs is 1. The number of hydrogen-bond donors (Lipinski definition) is 3. The third-order valence-electron chi connectivity index (χ3n) is 7.13. The topological polar surface area (TPSA) is 134 Å². The molecule has 0 aliphatic carbocycles. The minimum absolute atomic E-state index is 0.0139. The lowest BCUT2D eigenvalue weighted by molar-refractivity contribution is -0.137. The van der Waals surface area contributed by atoms with E-state index in [0.717, 1.165) is 6.07 Å². The van der Waals surface area contributed by atoms with Crippen LogP contribution in [0.5, 0.6) is 0 Å². The van der Waals surface area contributed by atoms with Crippen LogP contribution < -0.4 is 16.4 Å². The zero-order valence-corrected chi connectivity index (χ0v) is 23.5. The van der Waals surface area contributed by atoms with E-state index in [1.807, 2.05) is 19.2 Å². The molecule has 0 saturated carbocycles. The number of nitrogens with two attached hydrogens (primary N) is 1. The van der Waals surface area contributed by atoms with Crippen molar-refractivity contribution in [2.24, 2.45) is 0 Å². The van der Waals surface area contributed by atoms with E-state index in [1.54, 1.807) is 4.52 Å². The number of urea groups is 1. The van der Waals surface area contributed by atoms with Crippen LogP contribution in [-0.2, 0) is 23.9 Å². The largest absolute Gasteiger partial charge is 0.416 e. The number of nitrogens with zero attached hydrogens (tertiary/aromatic N) is 5. The highest BCUT2D eigenvalue weighted by Crippen LogP contribution is 2.38. The molecule has 5 rings (SSSR count). The van der Waals surface area contributed by atoms with Gasteiger partial charge in [-0.1, -0.05) is 6.07 Å². The van der Waals surface area contributed by atoms with Gasteiger partial charge < -0.3 is 21.1 Å². The number of halogens is 5. The monoisotopic (exact) mass is 614 g/mol. The Balaban J connectivity index is 1.47. The number of ether oxygens (including phenoxy) is 1. The molecule has 3 heterocycles. The summed E-state index contributed by atoms with van der Waals surface area (Å²) >= 11 is 0. The molecule has 0 bridgehead atoms. The number of anilines is 3. The number of morpholine rings is 1. The molecule has 10 nitrogen and oxygen atoms in total. The van der Waals surface area contributed by atoms with Crippen molar-refractivity contribution < 1.29 is 31.5 Å². The second-order valence-electron chi connectivity index (χ2n) is 10.5. The summed E-state index contributed by atoms with van der Waals surface area (Å²) in [4.78, 5) is 18.7. The van der Waals surface area contributed by atoms with Crippen LogP contribution in [0.1, 0.15) is 30.7 Å². The van der Waals surface area contributed by atoms with Gasteiger partial charge in [0.1, 0.15) is 23.5 Å². The molecule has 1 aliphatic heterocycles. The number of alkyl halides is 3. The number of aromatic nitrogens is 3. The number of nitrogens with one attached hydrogen (secondary N) is 2. The van der Waals surface area contributed by atoms with E-state index in [4.69, 9.17) is 10.5 Å². The van der Waals surface area contributed by atoms with Gasteiger partial charge in [0.25, 0.3) is 0 Å². The van der Waals surface area contributed by atoms with Crippen molar-refractivity contribution in [1.29, 1.82) is 5.26 Å². The SMILES string of the molecule is CC1CN(Cc2c(CC#N)c(-c3ccc(NC(=O)Nc4cc(C(F)(F)F)ccc4F)c(F)c3)c3c(N)ncnn23)CC(C)O1. The fourth-order valence-corrected chi connectivity index (χ4v) is 5.43. The molecule has 4 N–H and O–H groups in total. The number of rotatable bonds is 6. The predicted octanol–water partition coefficient (Wildman–Crippen LogP) is 5.59. The molecule has 2 atom stereocenters. The zero-order chi connectivity index (χ0) is 31.8. The highest BCUT2D eigenvalue weighted by molar-refractivity contribution is 6.00. The summed E-state index contributed by atoms with van der Waals surface area (Å²) in [6.07, 6.45) is -3.55. The molecule has 2 aromatic carbocycles. The van der Waals surface area contributed by atoms with Crippen LogP contribution in [0.15, 0.2) is 42.7 Å². The fourth-order valence-electron chi connectivity index (χ4n) is 5.43. The van der Waals surface area contributed by atoms with E-state index in [1.165, 1.54) is 18.5 Å². The van der Waals surface area contributed by atoms with Crippen molar-refractivity contribution in [3.05, 3.63) is 71.2 Å². The predicted molar refractivity (Wildman–Crippen MR) is 151 cm³/mol. The van der Waals surface area contributed by atoms with E-state index in [-0.39, 0.29) is 30.1 Å². The summed E-state index contributed by atoms with van der Waals surface area (Å²) in [6.45, 7) is 5.62. The molecule has 1 saturated heterocycles. The van der Waals surface area contributed by atoms with Crippen molar-refractivity contribution in [3.8, 4) is 17.2 Å². The second kappa shape index (κ2) is 12.1. The van der Waals surface area contributed by atoms with Crippen LogP contribution in [0.4, 0.5) is 43.9 Å². The minimum atomic E-state index is -4.76. The zero-order valence-electron chi connectivity index (χ0n) is 23.5. The summed E-state index contributed by atoms with van der Waals surface area (Å²) < 4.78 is 76.0. The molecule has 2 amide bonds. The Morgan fingerprint density at radius 2 is 1.80 bits per heavy atom. The molecular weight excluding hydrogens is 587 g/mol. The Morgan fingerprint density at radius 1 is 1.09 bits per heavy atom. The molecule has 2 unspecified atom stereocenters. The molecule has 15 heteroatoms. The Hall–Kier alpha value is -4.81. The third kappa shape index (κ3) is 6.26. The fraction of sp³-hybridized carbons (Fsp3) is 0.310. The second-order valence-corrected chi connectivity index (χ2v) is 10.5. The van der Waals surface area contributed by atoms with Crippen molar-refractivity contribution in [2.75, 3.05) is 29.5 Å². The lowest BCUT2D eigenvalue weighted by Gasteiger charge is -2.35. The van der Waals surface area contributed by atoms with Crippen molar-refractivity contribution in [3.63, 3.8) is 0 Å². The standard InChI is InChI=1S/C29H27F5N8O2/c1-15-11-41(12-16(2)44-15)13-24-19(7-8-35)25(26-27(36)37-14-38-42(24)26)17-3-6-22(21(31)9-17)39-28(43)40-23-10-18(29(32,33)34)4-5-20(23)30/h3-6,9-10,14-16H,7,11-13H2,1-2H3,(H2,36,37,38)(H2,39,40,43). The molecular formula is C29H27F5N8O2. The average molecular weight is 615 g/mol. The quantitative estimate of drug-likeness (QED) is 0.241. The molecule has 4 aromatic rings. The number of carbonyl (C=O) groups excluding carboxylic acids is 1.